The zero-order chi connectivity index (χ0) is 17.6. The van der Waals surface area contributed by atoms with Gasteiger partial charge in [-0.2, -0.15) is 0 Å². The molecule has 0 atom stereocenters. The van der Waals surface area contributed by atoms with Gasteiger partial charge >= 0.3 is 0 Å². The van der Waals surface area contributed by atoms with Crippen LogP contribution in [0.3, 0.4) is 0 Å². The Morgan fingerprint density at radius 1 is 1.04 bits per heavy atom. The van der Waals surface area contributed by atoms with Crippen LogP contribution in [-0.4, -0.2) is 12.6 Å². The number of ether oxygens (including phenoxy) is 1. The first-order valence-electron chi connectivity index (χ1n) is 8.52. The summed E-state index contributed by atoms with van der Waals surface area (Å²) < 4.78 is 5.87. The van der Waals surface area contributed by atoms with Gasteiger partial charge in [-0.3, -0.25) is 0 Å². The maximum atomic E-state index is 5.90. The normalized spacial score (nSPS) is 13.4. The highest BCUT2D eigenvalue weighted by Gasteiger charge is 2.13. The Labute approximate surface area is 154 Å². The number of hydrogen-bond donors (Lipinski definition) is 1. The Hall–Kier alpha value is -2.39. The smallest absolute Gasteiger partial charge is 0.127 e. The lowest BCUT2D eigenvalue weighted by molar-refractivity contribution is 0.482. The van der Waals surface area contributed by atoms with Crippen LogP contribution in [0.5, 0.6) is 11.5 Å². The quantitative estimate of drug-likeness (QED) is 0.716. The topological polar surface area (TPSA) is 24.5 Å². The fraction of sp³-hybridized carbons (Fsp3) is 0.238. The number of hydrogen-bond acceptors (Lipinski definition) is 3. The number of anilines is 1. The van der Waals surface area contributed by atoms with E-state index in [2.05, 4.69) is 48.3 Å². The highest BCUT2D eigenvalue weighted by molar-refractivity contribution is 6.30. The van der Waals surface area contributed by atoms with E-state index in [9.17, 15) is 0 Å². The predicted octanol–water partition coefficient (Wildman–Crippen LogP) is 5.74. The SMILES string of the molecule is CC(C)N(CC1=CCC=CN1)c1ccc(Oc2ccc(Cl)cc2)cc1. The molecule has 1 aliphatic heterocycles. The van der Waals surface area contributed by atoms with Crippen LogP contribution in [0.15, 0.2) is 72.6 Å². The lowest BCUT2D eigenvalue weighted by Crippen LogP contribution is -2.35. The minimum atomic E-state index is 0.400. The first-order valence-corrected chi connectivity index (χ1v) is 8.90. The van der Waals surface area contributed by atoms with Crippen LogP contribution in [0.2, 0.25) is 5.02 Å². The van der Waals surface area contributed by atoms with Crippen LogP contribution in [0.1, 0.15) is 20.3 Å². The molecule has 2 aromatic carbocycles. The molecule has 130 valence electrons. The summed E-state index contributed by atoms with van der Waals surface area (Å²) in [5.74, 6) is 1.59. The number of halogens is 1. The molecule has 0 saturated carbocycles. The molecule has 4 heteroatoms. The van der Waals surface area contributed by atoms with Crippen LogP contribution in [0, 0.1) is 0 Å². The number of benzene rings is 2. The van der Waals surface area contributed by atoms with Crippen molar-refractivity contribution in [3.05, 3.63) is 77.6 Å². The predicted molar refractivity (Wildman–Crippen MR) is 105 cm³/mol. The minimum absolute atomic E-state index is 0.400. The van der Waals surface area contributed by atoms with Gasteiger partial charge in [-0.25, -0.2) is 0 Å². The van der Waals surface area contributed by atoms with E-state index in [1.165, 1.54) is 11.4 Å². The molecule has 0 amide bonds. The van der Waals surface area contributed by atoms with Crippen molar-refractivity contribution in [1.82, 2.24) is 5.32 Å². The Morgan fingerprint density at radius 3 is 2.24 bits per heavy atom. The molecule has 0 fully saturated rings. The molecular formula is C21H23ClN2O. The van der Waals surface area contributed by atoms with Gasteiger partial charge in [0.15, 0.2) is 0 Å². The largest absolute Gasteiger partial charge is 0.457 e. The average Bonchev–Trinajstić information content (AvgIpc) is 2.63. The molecule has 0 saturated heterocycles. The molecule has 0 aliphatic carbocycles. The van der Waals surface area contributed by atoms with Gasteiger partial charge in [0.1, 0.15) is 11.5 Å². The number of allylic oxidation sites excluding steroid dienone is 2. The van der Waals surface area contributed by atoms with Gasteiger partial charge in [-0.05, 0) is 75.0 Å². The van der Waals surface area contributed by atoms with Gasteiger partial charge < -0.3 is 15.0 Å². The van der Waals surface area contributed by atoms with E-state index < -0.39 is 0 Å². The van der Waals surface area contributed by atoms with Crippen molar-refractivity contribution >= 4 is 17.3 Å². The summed E-state index contributed by atoms with van der Waals surface area (Å²) in [7, 11) is 0. The van der Waals surface area contributed by atoms with Crippen molar-refractivity contribution in [2.24, 2.45) is 0 Å². The van der Waals surface area contributed by atoms with Crippen LogP contribution in [0.4, 0.5) is 5.69 Å². The summed E-state index contributed by atoms with van der Waals surface area (Å²) in [6.45, 7) is 5.27. The summed E-state index contributed by atoms with van der Waals surface area (Å²) in [4.78, 5) is 2.37. The highest BCUT2D eigenvalue weighted by Crippen LogP contribution is 2.26. The molecule has 0 bridgehead atoms. The lowest BCUT2D eigenvalue weighted by Gasteiger charge is -2.30. The first kappa shape index (κ1) is 17.4. The maximum absolute atomic E-state index is 5.90. The maximum Gasteiger partial charge on any atom is 0.127 e. The van der Waals surface area contributed by atoms with Crippen molar-refractivity contribution in [2.75, 3.05) is 11.4 Å². The summed E-state index contributed by atoms with van der Waals surface area (Å²) in [6.07, 6.45) is 7.35. The third-order valence-electron chi connectivity index (χ3n) is 4.07. The fourth-order valence-electron chi connectivity index (χ4n) is 2.71. The molecule has 25 heavy (non-hydrogen) atoms. The second-order valence-corrected chi connectivity index (χ2v) is 6.72. The van der Waals surface area contributed by atoms with Gasteiger partial charge in [-0.15, -0.1) is 0 Å². The number of dihydropyridines is 1. The molecule has 0 aromatic heterocycles. The Balaban J connectivity index is 1.70. The third kappa shape index (κ3) is 4.80. The van der Waals surface area contributed by atoms with E-state index in [0.717, 1.165) is 24.5 Å². The van der Waals surface area contributed by atoms with E-state index in [0.29, 0.717) is 11.1 Å². The standard InChI is InChI=1S/C21H23ClN2O/c1-16(2)24(15-18-5-3-4-14-23-18)19-8-12-21(13-9-19)25-20-10-6-17(22)7-11-20/h4-14,16,23H,3,15H2,1-2H3. The third-order valence-corrected chi connectivity index (χ3v) is 4.32. The zero-order valence-electron chi connectivity index (χ0n) is 14.6. The Kier molecular flexibility index (Phi) is 5.67. The van der Waals surface area contributed by atoms with Gasteiger partial charge in [0.25, 0.3) is 0 Å². The molecule has 3 rings (SSSR count). The number of nitrogens with zero attached hydrogens (tertiary/aromatic N) is 1. The van der Waals surface area contributed by atoms with Crippen LogP contribution in [-0.2, 0) is 0 Å². The van der Waals surface area contributed by atoms with E-state index >= 15 is 0 Å². The van der Waals surface area contributed by atoms with Crippen molar-refractivity contribution in [3.8, 4) is 11.5 Å². The van der Waals surface area contributed by atoms with Crippen molar-refractivity contribution in [3.63, 3.8) is 0 Å². The van der Waals surface area contributed by atoms with Crippen molar-refractivity contribution in [2.45, 2.75) is 26.3 Å². The lowest BCUT2D eigenvalue weighted by atomic mass is 10.2. The number of nitrogens with one attached hydrogen (secondary N) is 1. The van der Waals surface area contributed by atoms with E-state index in [1.54, 1.807) is 0 Å². The molecule has 3 nitrogen and oxygen atoms in total. The second-order valence-electron chi connectivity index (χ2n) is 6.28. The van der Waals surface area contributed by atoms with E-state index in [4.69, 9.17) is 16.3 Å². The van der Waals surface area contributed by atoms with E-state index in [1.807, 2.05) is 42.6 Å². The van der Waals surface area contributed by atoms with Crippen LogP contribution < -0.4 is 15.0 Å². The summed E-state index contributed by atoms with van der Waals surface area (Å²) in [5.41, 5.74) is 2.41. The van der Waals surface area contributed by atoms with Crippen LogP contribution >= 0.6 is 11.6 Å². The first-order chi connectivity index (χ1) is 12.1. The molecule has 2 aromatic rings. The Morgan fingerprint density at radius 2 is 1.68 bits per heavy atom. The summed E-state index contributed by atoms with van der Waals surface area (Å²) >= 11 is 5.90. The Bertz CT molecular complexity index is 748. The molecule has 0 radical (unpaired) electrons. The minimum Gasteiger partial charge on any atom is -0.457 e. The average molecular weight is 355 g/mol. The zero-order valence-corrected chi connectivity index (χ0v) is 15.3. The van der Waals surface area contributed by atoms with Gasteiger partial charge in [-0.1, -0.05) is 23.8 Å². The summed E-state index contributed by atoms with van der Waals surface area (Å²) in [5, 5.41) is 4.03. The van der Waals surface area contributed by atoms with Gasteiger partial charge in [0, 0.05) is 22.4 Å². The summed E-state index contributed by atoms with van der Waals surface area (Å²) in [6, 6.07) is 16.0. The molecule has 1 heterocycles. The van der Waals surface area contributed by atoms with Gasteiger partial charge in [0.2, 0.25) is 0 Å². The second kappa shape index (κ2) is 8.13. The molecule has 0 spiro atoms. The van der Waals surface area contributed by atoms with Crippen molar-refractivity contribution < 1.29 is 4.74 Å². The fourth-order valence-corrected chi connectivity index (χ4v) is 2.84. The van der Waals surface area contributed by atoms with Crippen LogP contribution in [0.25, 0.3) is 0 Å². The van der Waals surface area contributed by atoms with Crippen molar-refractivity contribution in [1.29, 1.82) is 0 Å². The molecular weight excluding hydrogens is 332 g/mol. The number of rotatable bonds is 6. The van der Waals surface area contributed by atoms with Gasteiger partial charge in [0.05, 0.1) is 6.54 Å². The molecule has 1 aliphatic rings. The molecule has 0 unspecified atom stereocenters. The van der Waals surface area contributed by atoms with E-state index in [-0.39, 0.29) is 0 Å². The monoisotopic (exact) mass is 354 g/mol. The molecule has 1 N–H and O–H groups in total. The highest BCUT2D eigenvalue weighted by atomic mass is 35.5.